The third-order valence-electron chi connectivity index (χ3n) is 2.02. The predicted octanol–water partition coefficient (Wildman–Crippen LogP) is 0.107. The summed E-state index contributed by atoms with van der Waals surface area (Å²) in [5, 5.41) is 9.54. The van der Waals surface area contributed by atoms with E-state index in [1.807, 2.05) is 7.05 Å². The second kappa shape index (κ2) is 5.53. The van der Waals surface area contributed by atoms with Crippen LogP contribution >= 0.6 is 0 Å². The zero-order valence-corrected chi connectivity index (χ0v) is 9.05. The van der Waals surface area contributed by atoms with Gasteiger partial charge in [-0.3, -0.25) is 0 Å². The molecule has 5 nitrogen and oxygen atoms in total. The number of aromatic nitrogens is 1. The quantitative estimate of drug-likeness (QED) is 0.723. The van der Waals surface area contributed by atoms with Gasteiger partial charge in [-0.25, -0.2) is 4.98 Å². The van der Waals surface area contributed by atoms with Crippen molar-refractivity contribution in [1.29, 1.82) is 0 Å². The Morgan fingerprint density at radius 1 is 1.67 bits per heavy atom. The molecule has 0 aliphatic rings. The molecule has 1 atom stereocenters. The van der Waals surface area contributed by atoms with Crippen LogP contribution in [0.5, 0.6) is 0 Å². The highest BCUT2D eigenvalue weighted by atomic mass is 16.5. The van der Waals surface area contributed by atoms with Gasteiger partial charge in [0.25, 0.3) is 0 Å². The Bertz CT molecular complexity index is 306. The van der Waals surface area contributed by atoms with Gasteiger partial charge in [0.2, 0.25) is 0 Å². The molecule has 1 aromatic rings. The maximum Gasteiger partial charge on any atom is 0.151 e. The minimum atomic E-state index is -0.540. The van der Waals surface area contributed by atoms with E-state index in [-0.39, 0.29) is 0 Å². The molecule has 0 spiro atoms. The van der Waals surface area contributed by atoms with Crippen LogP contribution in [0.1, 0.15) is 0 Å². The first-order valence-electron chi connectivity index (χ1n) is 4.73. The molecule has 0 aliphatic carbocycles. The van der Waals surface area contributed by atoms with Crippen LogP contribution in [0.3, 0.4) is 0 Å². The lowest BCUT2D eigenvalue weighted by Crippen LogP contribution is -2.32. The lowest BCUT2D eigenvalue weighted by Gasteiger charge is -2.22. The lowest BCUT2D eigenvalue weighted by atomic mass is 10.3. The fraction of sp³-hybridized carbons (Fsp3) is 0.500. The molecule has 0 amide bonds. The lowest BCUT2D eigenvalue weighted by molar-refractivity contribution is 0.0694. The summed E-state index contributed by atoms with van der Waals surface area (Å²) in [6.07, 6.45) is 1.13. The molecule has 3 N–H and O–H groups in total. The van der Waals surface area contributed by atoms with Crippen LogP contribution in [0, 0.1) is 0 Å². The van der Waals surface area contributed by atoms with E-state index >= 15 is 0 Å². The molecule has 0 fully saturated rings. The summed E-state index contributed by atoms with van der Waals surface area (Å²) in [6.45, 7) is 0.742. The first-order valence-corrected chi connectivity index (χ1v) is 4.73. The number of nitrogens with two attached hydrogens (primary N) is 1. The van der Waals surface area contributed by atoms with Gasteiger partial charge in [0.05, 0.1) is 18.4 Å². The van der Waals surface area contributed by atoms with E-state index in [0.29, 0.717) is 24.7 Å². The van der Waals surface area contributed by atoms with Gasteiger partial charge in [-0.2, -0.15) is 0 Å². The maximum absolute atomic E-state index is 9.54. The number of aliphatic hydroxyl groups is 1. The Morgan fingerprint density at radius 3 is 3.00 bits per heavy atom. The van der Waals surface area contributed by atoms with Crippen molar-refractivity contribution in [3.63, 3.8) is 0 Å². The summed E-state index contributed by atoms with van der Waals surface area (Å²) in [4.78, 5) is 5.94. The number of hydrogen-bond donors (Lipinski definition) is 2. The highest BCUT2D eigenvalue weighted by molar-refractivity contribution is 5.61. The number of rotatable bonds is 5. The second-order valence-electron chi connectivity index (χ2n) is 3.41. The highest BCUT2D eigenvalue weighted by Crippen LogP contribution is 2.17. The van der Waals surface area contributed by atoms with Crippen LogP contribution in [-0.2, 0) is 4.74 Å². The molecular formula is C10H17N3O2. The SMILES string of the molecule is COCC(O)CN(C)c1ncccc1N. The van der Waals surface area contributed by atoms with E-state index < -0.39 is 6.10 Å². The van der Waals surface area contributed by atoms with Gasteiger partial charge in [-0.05, 0) is 12.1 Å². The van der Waals surface area contributed by atoms with Crippen molar-refractivity contribution in [2.75, 3.05) is 37.9 Å². The van der Waals surface area contributed by atoms with Crippen LogP contribution in [0.2, 0.25) is 0 Å². The van der Waals surface area contributed by atoms with Gasteiger partial charge in [-0.15, -0.1) is 0 Å². The summed E-state index contributed by atoms with van der Waals surface area (Å²) in [7, 11) is 3.38. The average Bonchev–Trinajstić information content (AvgIpc) is 2.18. The van der Waals surface area contributed by atoms with E-state index in [9.17, 15) is 5.11 Å². The summed E-state index contributed by atoms with van der Waals surface area (Å²) in [6, 6.07) is 3.56. The molecule has 0 saturated carbocycles. The zero-order chi connectivity index (χ0) is 11.3. The second-order valence-corrected chi connectivity index (χ2v) is 3.41. The van der Waals surface area contributed by atoms with Crippen molar-refractivity contribution in [3.05, 3.63) is 18.3 Å². The molecule has 0 radical (unpaired) electrons. The number of hydrogen-bond acceptors (Lipinski definition) is 5. The molecule has 5 heteroatoms. The van der Waals surface area contributed by atoms with E-state index in [2.05, 4.69) is 4.98 Å². The van der Waals surface area contributed by atoms with Gasteiger partial charge < -0.3 is 20.5 Å². The molecule has 0 aromatic carbocycles. The fourth-order valence-electron chi connectivity index (χ4n) is 1.38. The third-order valence-corrected chi connectivity index (χ3v) is 2.02. The fourth-order valence-corrected chi connectivity index (χ4v) is 1.38. The molecular weight excluding hydrogens is 194 g/mol. The Kier molecular flexibility index (Phi) is 4.33. The standard InChI is InChI=1S/C10H17N3O2/c1-13(6-8(14)7-15-2)10-9(11)4-3-5-12-10/h3-5,8,14H,6-7,11H2,1-2H3. The predicted molar refractivity (Wildman–Crippen MR) is 59.8 cm³/mol. The number of anilines is 2. The van der Waals surface area contributed by atoms with Crippen molar-refractivity contribution in [1.82, 2.24) is 4.98 Å². The van der Waals surface area contributed by atoms with Crippen LogP contribution in [0.15, 0.2) is 18.3 Å². The van der Waals surface area contributed by atoms with Crippen LogP contribution in [0.4, 0.5) is 11.5 Å². The highest BCUT2D eigenvalue weighted by Gasteiger charge is 2.11. The van der Waals surface area contributed by atoms with E-state index in [1.165, 1.54) is 0 Å². The maximum atomic E-state index is 9.54. The molecule has 1 rings (SSSR count). The van der Waals surface area contributed by atoms with Crippen molar-refractivity contribution >= 4 is 11.5 Å². The van der Waals surface area contributed by atoms with Gasteiger partial charge in [0.15, 0.2) is 5.82 Å². The third kappa shape index (κ3) is 3.38. The number of methoxy groups -OCH3 is 1. The Labute approximate surface area is 89.5 Å². The van der Waals surface area contributed by atoms with Gasteiger partial charge in [0, 0.05) is 26.9 Å². The van der Waals surface area contributed by atoms with Crippen molar-refractivity contribution in [3.8, 4) is 0 Å². The number of ether oxygens (including phenoxy) is 1. The number of pyridine rings is 1. The molecule has 0 saturated heterocycles. The molecule has 0 bridgehead atoms. The molecule has 1 aromatic heterocycles. The van der Waals surface area contributed by atoms with E-state index in [0.717, 1.165) is 0 Å². The van der Waals surface area contributed by atoms with Crippen LogP contribution < -0.4 is 10.6 Å². The Balaban J connectivity index is 2.61. The molecule has 1 heterocycles. The van der Waals surface area contributed by atoms with E-state index in [4.69, 9.17) is 10.5 Å². The van der Waals surface area contributed by atoms with Gasteiger partial charge >= 0.3 is 0 Å². The van der Waals surface area contributed by atoms with Gasteiger partial charge in [-0.1, -0.05) is 0 Å². The number of nitrogens with zero attached hydrogens (tertiary/aromatic N) is 2. The minimum absolute atomic E-state index is 0.303. The number of aliphatic hydroxyl groups excluding tert-OH is 1. The molecule has 1 unspecified atom stereocenters. The zero-order valence-electron chi connectivity index (χ0n) is 9.05. The topological polar surface area (TPSA) is 71.6 Å². The average molecular weight is 211 g/mol. The Morgan fingerprint density at radius 2 is 2.40 bits per heavy atom. The summed E-state index contributed by atoms with van der Waals surface area (Å²) >= 11 is 0. The number of nitrogen functional groups attached to an aromatic ring is 1. The molecule has 84 valence electrons. The van der Waals surface area contributed by atoms with E-state index in [1.54, 1.807) is 30.3 Å². The number of likely N-dealkylation sites (N-methyl/N-ethyl adjacent to an activating group) is 1. The van der Waals surface area contributed by atoms with Crippen LogP contribution in [0.25, 0.3) is 0 Å². The normalized spacial score (nSPS) is 12.5. The first kappa shape index (κ1) is 11.7. The molecule has 0 aliphatic heterocycles. The summed E-state index contributed by atoms with van der Waals surface area (Å²) in [5.74, 6) is 0.674. The summed E-state index contributed by atoms with van der Waals surface area (Å²) < 4.78 is 4.84. The molecule has 15 heavy (non-hydrogen) atoms. The first-order chi connectivity index (χ1) is 7.15. The largest absolute Gasteiger partial charge is 0.396 e. The summed E-state index contributed by atoms with van der Waals surface area (Å²) in [5.41, 5.74) is 6.36. The smallest absolute Gasteiger partial charge is 0.151 e. The van der Waals surface area contributed by atoms with Crippen molar-refractivity contribution < 1.29 is 9.84 Å². The minimum Gasteiger partial charge on any atom is -0.396 e. The monoisotopic (exact) mass is 211 g/mol. The van der Waals surface area contributed by atoms with Crippen molar-refractivity contribution in [2.45, 2.75) is 6.10 Å². The van der Waals surface area contributed by atoms with Gasteiger partial charge in [0.1, 0.15) is 0 Å². The van der Waals surface area contributed by atoms with Crippen LogP contribution in [-0.4, -0.2) is 43.5 Å². The van der Waals surface area contributed by atoms with Crippen molar-refractivity contribution in [2.24, 2.45) is 0 Å². The Hall–Kier alpha value is -1.33.